The Bertz CT molecular complexity index is 600. The molecule has 2 aromatic rings. The quantitative estimate of drug-likeness (QED) is 0.906. The molecule has 106 valence electrons. The van der Waals surface area contributed by atoms with E-state index in [1.54, 1.807) is 6.07 Å². The lowest BCUT2D eigenvalue weighted by Gasteiger charge is -2.11. The second-order valence-corrected chi connectivity index (χ2v) is 4.48. The van der Waals surface area contributed by atoms with E-state index >= 15 is 0 Å². The minimum Gasteiger partial charge on any atom is -0.439 e. The van der Waals surface area contributed by atoms with Gasteiger partial charge in [-0.2, -0.15) is 4.98 Å². The van der Waals surface area contributed by atoms with Crippen LogP contribution in [-0.4, -0.2) is 16.6 Å². The number of hydrogen-bond donors (Lipinski definition) is 1. The Morgan fingerprint density at radius 2 is 2.00 bits per heavy atom. The molecule has 0 aliphatic rings. The SMILES string of the molecule is CCOCc1nc(N)cc(Oc2cccc(C)c2C)n1. The van der Waals surface area contributed by atoms with Gasteiger partial charge >= 0.3 is 0 Å². The van der Waals surface area contributed by atoms with E-state index in [0.717, 1.165) is 11.3 Å². The molecule has 0 aliphatic carbocycles. The molecular weight excluding hydrogens is 254 g/mol. The van der Waals surface area contributed by atoms with Crippen LogP contribution in [0.1, 0.15) is 23.9 Å². The normalized spacial score (nSPS) is 10.6. The molecule has 0 fully saturated rings. The maximum atomic E-state index is 5.80. The third-order valence-corrected chi connectivity index (χ3v) is 2.97. The molecule has 0 atom stereocenters. The molecule has 1 heterocycles. The number of nitrogens with zero attached hydrogens (tertiary/aromatic N) is 2. The summed E-state index contributed by atoms with van der Waals surface area (Å²) >= 11 is 0. The summed E-state index contributed by atoms with van der Waals surface area (Å²) in [5.74, 6) is 2.09. The van der Waals surface area contributed by atoms with Gasteiger partial charge in [-0.3, -0.25) is 0 Å². The van der Waals surface area contributed by atoms with Crippen LogP contribution in [0.2, 0.25) is 0 Å². The average Bonchev–Trinajstić information content (AvgIpc) is 2.41. The summed E-state index contributed by atoms with van der Waals surface area (Å²) in [5, 5.41) is 0. The van der Waals surface area contributed by atoms with Crippen molar-refractivity contribution in [3.8, 4) is 11.6 Å². The van der Waals surface area contributed by atoms with Crippen molar-refractivity contribution < 1.29 is 9.47 Å². The number of benzene rings is 1. The molecule has 5 nitrogen and oxygen atoms in total. The minimum atomic E-state index is 0.324. The maximum Gasteiger partial charge on any atom is 0.224 e. The van der Waals surface area contributed by atoms with Crippen LogP contribution in [0.25, 0.3) is 0 Å². The summed E-state index contributed by atoms with van der Waals surface area (Å²) in [4.78, 5) is 8.41. The van der Waals surface area contributed by atoms with Crippen LogP contribution in [0.5, 0.6) is 11.6 Å². The Hall–Kier alpha value is -2.14. The standard InChI is InChI=1S/C15H19N3O2/c1-4-19-9-14-17-13(16)8-15(18-14)20-12-7-5-6-10(2)11(12)3/h5-8H,4,9H2,1-3H3,(H2,16,17,18). The molecule has 1 aromatic heterocycles. The number of anilines is 1. The lowest BCUT2D eigenvalue weighted by molar-refractivity contribution is 0.128. The van der Waals surface area contributed by atoms with E-state index in [4.69, 9.17) is 15.2 Å². The van der Waals surface area contributed by atoms with Crippen LogP contribution < -0.4 is 10.5 Å². The number of nitrogens with two attached hydrogens (primary N) is 1. The van der Waals surface area contributed by atoms with E-state index in [2.05, 4.69) is 9.97 Å². The van der Waals surface area contributed by atoms with Crippen molar-refractivity contribution in [2.45, 2.75) is 27.4 Å². The summed E-state index contributed by atoms with van der Waals surface area (Å²) < 4.78 is 11.1. The molecule has 0 aliphatic heterocycles. The van der Waals surface area contributed by atoms with Gasteiger partial charge in [-0.15, -0.1) is 0 Å². The number of rotatable bonds is 5. The van der Waals surface area contributed by atoms with E-state index in [1.807, 2.05) is 39.0 Å². The predicted molar refractivity (Wildman–Crippen MR) is 77.8 cm³/mol. The third kappa shape index (κ3) is 3.45. The number of aromatic nitrogens is 2. The zero-order chi connectivity index (χ0) is 14.5. The van der Waals surface area contributed by atoms with Crippen molar-refractivity contribution >= 4 is 5.82 Å². The second kappa shape index (κ2) is 6.34. The number of hydrogen-bond acceptors (Lipinski definition) is 5. The summed E-state index contributed by atoms with van der Waals surface area (Å²) in [6, 6.07) is 7.50. The summed E-state index contributed by atoms with van der Waals surface area (Å²) in [7, 11) is 0. The van der Waals surface area contributed by atoms with E-state index in [1.165, 1.54) is 5.56 Å². The zero-order valence-electron chi connectivity index (χ0n) is 12.0. The molecule has 20 heavy (non-hydrogen) atoms. The highest BCUT2D eigenvalue weighted by molar-refractivity contribution is 5.42. The van der Waals surface area contributed by atoms with Crippen LogP contribution in [0, 0.1) is 13.8 Å². The Morgan fingerprint density at radius 3 is 2.75 bits per heavy atom. The van der Waals surface area contributed by atoms with Gasteiger partial charge in [0, 0.05) is 12.7 Å². The molecule has 2 N–H and O–H groups in total. The first-order valence-corrected chi connectivity index (χ1v) is 6.55. The molecule has 2 rings (SSSR count). The van der Waals surface area contributed by atoms with Crippen molar-refractivity contribution in [2.75, 3.05) is 12.3 Å². The average molecular weight is 273 g/mol. The second-order valence-electron chi connectivity index (χ2n) is 4.48. The van der Waals surface area contributed by atoms with E-state index in [0.29, 0.717) is 30.7 Å². The molecule has 5 heteroatoms. The smallest absolute Gasteiger partial charge is 0.224 e. The maximum absolute atomic E-state index is 5.80. The molecule has 0 unspecified atom stereocenters. The monoisotopic (exact) mass is 273 g/mol. The Morgan fingerprint density at radius 1 is 1.20 bits per heavy atom. The topological polar surface area (TPSA) is 70.3 Å². The Kier molecular flexibility index (Phi) is 4.53. The van der Waals surface area contributed by atoms with Gasteiger partial charge in [0.25, 0.3) is 0 Å². The van der Waals surface area contributed by atoms with Gasteiger partial charge in [0.1, 0.15) is 18.2 Å². The molecule has 0 radical (unpaired) electrons. The Labute approximate surface area is 118 Å². The van der Waals surface area contributed by atoms with Gasteiger partial charge < -0.3 is 15.2 Å². The molecule has 0 bridgehead atoms. The summed E-state index contributed by atoms with van der Waals surface area (Å²) in [5.41, 5.74) is 8.01. The number of aryl methyl sites for hydroxylation is 1. The largest absolute Gasteiger partial charge is 0.439 e. The fourth-order valence-electron chi connectivity index (χ4n) is 1.75. The molecule has 1 aromatic carbocycles. The van der Waals surface area contributed by atoms with Crippen LogP contribution in [0.3, 0.4) is 0 Å². The van der Waals surface area contributed by atoms with Crippen molar-refractivity contribution in [3.05, 3.63) is 41.2 Å². The van der Waals surface area contributed by atoms with Crippen molar-refractivity contribution in [2.24, 2.45) is 0 Å². The fraction of sp³-hybridized carbons (Fsp3) is 0.333. The van der Waals surface area contributed by atoms with Crippen LogP contribution in [0.4, 0.5) is 5.82 Å². The minimum absolute atomic E-state index is 0.324. The predicted octanol–water partition coefficient (Wildman–Crippen LogP) is 3.00. The highest BCUT2D eigenvalue weighted by Gasteiger charge is 2.08. The lowest BCUT2D eigenvalue weighted by Crippen LogP contribution is -2.04. The molecule has 0 saturated carbocycles. The van der Waals surface area contributed by atoms with Crippen molar-refractivity contribution in [3.63, 3.8) is 0 Å². The van der Waals surface area contributed by atoms with Crippen LogP contribution in [0.15, 0.2) is 24.3 Å². The molecule has 0 spiro atoms. The van der Waals surface area contributed by atoms with Gasteiger partial charge in [0.15, 0.2) is 5.82 Å². The highest BCUT2D eigenvalue weighted by atomic mass is 16.5. The van der Waals surface area contributed by atoms with Crippen molar-refractivity contribution in [1.29, 1.82) is 0 Å². The number of nitrogen functional groups attached to an aromatic ring is 1. The fourth-order valence-corrected chi connectivity index (χ4v) is 1.75. The third-order valence-electron chi connectivity index (χ3n) is 2.97. The zero-order valence-corrected chi connectivity index (χ0v) is 12.0. The van der Waals surface area contributed by atoms with E-state index in [9.17, 15) is 0 Å². The molecular formula is C15H19N3O2. The Balaban J connectivity index is 2.24. The van der Waals surface area contributed by atoms with Gasteiger partial charge in [-0.25, -0.2) is 4.98 Å². The van der Waals surface area contributed by atoms with E-state index < -0.39 is 0 Å². The van der Waals surface area contributed by atoms with Gasteiger partial charge in [0.2, 0.25) is 5.88 Å². The number of ether oxygens (including phenoxy) is 2. The van der Waals surface area contributed by atoms with Crippen molar-refractivity contribution in [1.82, 2.24) is 9.97 Å². The molecule has 0 amide bonds. The summed E-state index contributed by atoms with van der Waals surface area (Å²) in [6.45, 7) is 6.89. The summed E-state index contributed by atoms with van der Waals surface area (Å²) in [6.07, 6.45) is 0. The van der Waals surface area contributed by atoms with Gasteiger partial charge in [0.05, 0.1) is 0 Å². The van der Waals surface area contributed by atoms with Gasteiger partial charge in [-0.05, 0) is 38.0 Å². The highest BCUT2D eigenvalue weighted by Crippen LogP contribution is 2.26. The first-order valence-electron chi connectivity index (χ1n) is 6.55. The van der Waals surface area contributed by atoms with Crippen LogP contribution >= 0.6 is 0 Å². The first kappa shape index (κ1) is 14.3. The van der Waals surface area contributed by atoms with E-state index in [-0.39, 0.29) is 0 Å². The molecule has 0 saturated heterocycles. The first-order chi connectivity index (χ1) is 9.60. The van der Waals surface area contributed by atoms with Gasteiger partial charge in [-0.1, -0.05) is 12.1 Å². The van der Waals surface area contributed by atoms with Crippen LogP contribution in [-0.2, 0) is 11.3 Å². The lowest BCUT2D eigenvalue weighted by atomic mass is 10.1.